The van der Waals surface area contributed by atoms with Crippen LogP contribution in [0.2, 0.25) is 0 Å². The van der Waals surface area contributed by atoms with Crippen molar-refractivity contribution < 1.29 is 5.11 Å². The van der Waals surface area contributed by atoms with Gasteiger partial charge in [-0.15, -0.1) is 0 Å². The van der Waals surface area contributed by atoms with Crippen LogP contribution in [0.25, 0.3) is 0 Å². The summed E-state index contributed by atoms with van der Waals surface area (Å²) in [7, 11) is 0. The summed E-state index contributed by atoms with van der Waals surface area (Å²) in [5.41, 5.74) is 1.36. The fourth-order valence-corrected chi connectivity index (χ4v) is 4.47. The Bertz CT molecular complexity index is 843. The molecule has 2 aromatic heterocycles. The molecule has 138 valence electrons. The zero-order valence-electron chi connectivity index (χ0n) is 15.0. The molecule has 4 nitrogen and oxygen atoms in total. The first-order chi connectivity index (χ1) is 13.2. The smallest absolute Gasteiger partial charge is 0.137 e. The van der Waals surface area contributed by atoms with Crippen molar-refractivity contribution >= 4 is 15.9 Å². The van der Waals surface area contributed by atoms with Gasteiger partial charge in [0.2, 0.25) is 0 Å². The van der Waals surface area contributed by atoms with Crippen molar-refractivity contribution in [3.8, 4) is 0 Å². The normalized spacial score (nSPS) is 16.4. The van der Waals surface area contributed by atoms with Gasteiger partial charge in [-0.3, -0.25) is 14.9 Å². The van der Waals surface area contributed by atoms with E-state index in [1.165, 1.54) is 0 Å². The Balaban J connectivity index is 1.94. The number of aliphatic hydroxyl groups is 1. The summed E-state index contributed by atoms with van der Waals surface area (Å²) in [6.07, 6.45) is 9.26. The molecule has 1 atom stereocenters. The maximum Gasteiger partial charge on any atom is 0.137 e. The molecule has 0 saturated carbocycles. The monoisotopic (exact) mass is 423 g/mol. The summed E-state index contributed by atoms with van der Waals surface area (Å²) < 4.78 is 1.00. The van der Waals surface area contributed by atoms with Gasteiger partial charge in [0, 0.05) is 40.4 Å². The standard InChI is InChI=1S/C22H22BrN3O/c23-20-9-3-6-17(14-20)21(26-12-1-2-13-26)22(27,18-7-4-10-24-15-18)19-8-5-11-25-16-19/h3-11,14-16,21,27H,1-2,12-13H2. The van der Waals surface area contributed by atoms with Gasteiger partial charge in [0.1, 0.15) is 5.60 Å². The Labute approximate surface area is 168 Å². The van der Waals surface area contributed by atoms with E-state index in [9.17, 15) is 5.11 Å². The fourth-order valence-electron chi connectivity index (χ4n) is 4.05. The first-order valence-electron chi connectivity index (χ1n) is 9.22. The van der Waals surface area contributed by atoms with E-state index < -0.39 is 5.60 Å². The Kier molecular flexibility index (Phi) is 5.34. The summed E-state index contributed by atoms with van der Waals surface area (Å²) in [5, 5.41) is 12.3. The van der Waals surface area contributed by atoms with Gasteiger partial charge in [-0.25, -0.2) is 0 Å². The van der Waals surface area contributed by atoms with Crippen LogP contribution in [-0.4, -0.2) is 33.1 Å². The number of rotatable bonds is 5. The molecule has 0 radical (unpaired) electrons. The summed E-state index contributed by atoms with van der Waals surface area (Å²) in [4.78, 5) is 11.0. The first-order valence-corrected chi connectivity index (χ1v) is 10.0. The molecule has 27 heavy (non-hydrogen) atoms. The third-order valence-corrected chi connectivity index (χ3v) is 5.76. The summed E-state index contributed by atoms with van der Waals surface area (Å²) >= 11 is 3.59. The molecule has 3 heterocycles. The Morgan fingerprint density at radius 1 is 0.926 bits per heavy atom. The molecule has 1 unspecified atom stereocenters. The minimum absolute atomic E-state index is 0.231. The van der Waals surface area contributed by atoms with Crippen LogP contribution < -0.4 is 0 Å². The van der Waals surface area contributed by atoms with Crippen LogP contribution in [0.15, 0.2) is 77.8 Å². The highest BCUT2D eigenvalue weighted by molar-refractivity contribution is 9.10. The second-order valence-electron chi connectivity index (χ2n) is 6.95. The Morgan fingerprint density at radius 2 is 1.56 bits per heavy atom. The summed E-state index contributed by atoms with van der Waals surface area (Å²) in [6.45, 7) is 1.92. The van der Waals surface area contributed by atoms with Crippen LogP contribution in [0.1, 0.15) is 35.6 Å². The summed E-state index contributed by atoms with van der Waals surface area (Å²) in [5.74, 6) is 0. The number of nitrogens with zero attached hydrogens (tertiary/aromatic N) is 3. The molecule has 0 spiro atoms. The van der Waals surface area contributed by atoms with Crippen molar-refractivity contribution in [2.75, 3.05) is 13.1 Å². The molecule has 0 bridgehead atoms. The van der Waals surface area contributed by atoms with E-state index in [2.05, 4.69) is 42.9 Å². The molecule has 3 aromatic rings. The molecule has 5 heteroatoms. The van der Waals surface area contributed by atoms with Crippen molar-refractivity contribution in [3.05, 3.63) is 94.5 Å². The predicted octanol–water partition coefficient (Wildman–Crippen LogP) is 4.31. The van der Waals surface area contributed by atoms with Gasteiger partial charge in [-0.1, -0.05) is 40.2 Å². The van der Waals surface area contributed by atoms with Crippen LogP contribution in [0.3, 0.4) is 0 Å². The molecule has 1 saturated heterocycles. The van der Waals surface area contributed by atoms with Crippen LogP contribution in [0, 0.1) is 0 Å². The van der Waals surface area contributed by atoms with Crippen LogP contribution >= 0.6 is 15.9 Å². The number of aromatic nitrogens is 2. The molecular weight excluding hydrogens is 402 g/mol. The second kappa shape index (κ2) is 7.89. The molecule has 0 amide bonds. The van der Waals surface area contributed by atoms with Crippen molar-refractivity contribution in [2.24, 2.45) is 0 Å². The third-order valence-electron chi connectivity index (χ3n) is 5.27. The molecule has 1 aromatic carbocycles. The lowest BCUT2D eigenvalue weighted by molar-refractivity contribution is -0.0152. The number of benzene rings is 1. The van der Waals surface area contributed by atoms with E-state index in [1.54, 1.807) is 24.8 Å². The van der Waals surface area contributed by atoms with Gasteiger partial charge in [0.05, 0.1) is 6.04 Å². The molecule has 1 fully saturated rings. The first kappa shape index (κ1) is 18.3. The Hall–Kier alpha value is -2.08. The fraction of sp³-hybridized carbons (Fsp3) is 0.273. The maximum atomic E-state index is 12.3. The molecule has 4 rings (SSSR count). The van der Waals surface area contributed by atoms with Gasteiger partial charge in [0.15, 0.2) is 0 Å². The van der Waals surface area contributed by atoms with E-state index in [0.29, 0.717) is 0 Å². The lowest BCUT2D eigenvalue weighted by Gasteiger charge is -2.42. The summed E-state index contributed by atoms with van der Waals surface area (Å²) in [6, 6.07) is 15.6. The molecular formula is C22H22BrN3O. The minimum Gasteiger partial charge on any atom is -0.378 e. The highest BCUT2D eigenvalue weighted by atomic mass is 79.9. The number of hydrogen-bond donors (Lipinski definition) is 1. The number of halogens is 1. The van der Waals surface area contributed by atoms with Crippen LogP contribution in [0.4, 0.5) is 0 Å². The lowest BCUT2D eigenvalue weighted by atomic mass is 9.77. The van der Waals surface area contributed by atoms with Crippen molar-refractivity contribution in [3.63, 3.8) is 0 Å². The largest absolute Gasteiger partial charge is 0.378 e. The van der Waals surface area contributed by atoms with Crippen molar-refractivity contribution in [1.82, 2.24) is 14.9 Å². The lowest BCUT2D eigenvalue weighted by Crippen LogP contribution is -2.44. The van der Waals surface area contributed by atoms with E-state index in [4.69, 9.17) is 0 Å². The van der Waals surface area contributed by atoms with E-state index in [-0.39, 0.29) is 6.04 Å². The van der Waals surface area contributed by atoms with Crippen LogP contribution in [0.5, 0.6) is 0 Å². The van der Waals surface area contributed by atoms with Gasteiger partial charge < -0.3 is 5.11 Å². The quantitative estimate of drug-likeness (QED) is 0.663. The molecule has 1 aliphatic rings. The second-order valence-corrected chi connectivity index (χ2v) is 7.87. The molecule has 1 aliphatic heterocycles. The van der Waals surface area contributed by atoms with E-state index in [1.807, 2.05) is 36.4 Å². The zero-order valence-corrected chi connectivity index (χ0v) is 16.6. The van der Waals surface area contributed by atoms with E-state index in [0.717, 1.165) is 47.1 Å². The topological polar surface area (TPSA) is 49.3 Å². The minimum atomic E-state index is -1.26. The van der Waals surface area contributed by atoms with Gasteiger partial charge in [-0.2, -0.15) is 0 Å². The average molecular weight is 424 g/mol. The SMILES string of the molecule is OC(c1cccnc1)(c1cccnc1)C(c1cccc(Br)c1)N1CCCC1. The predicted molar refractivity (Wildman–Crippen MR) is 109 cm³/mol. The Morgan fingerprint density at radius 3 is 2.07 bits per heavy atom. The van der Waals surface area contributed by atoms with Gasteiger partial charge >= 0.3 is 0 Å². The average Bonchev–Trinajstić information content (AvgIpc) is 3.23. The van der Waals surface area contributed by atoms with Gasteiger partial charge in [0.25, 0.3) is 0 Å². The number of likely N-dealkylation sites (tertiary alicyclic amines) is 1. The maximum absolute atomic E-state index is 12.3. The zero-order chi connectivity index (χ0) is 18.7. The molecule has 0 aliphatic carbocycles. The van der Waals surface area contributed by atoms with Crippen LogP contribution in [-0.2, 0) is 5.60 Å². The highest BCUT2D eigenvalue weighted by Crippen LogP contribution is 2.45. The number of hydrogen-bond acceptors (Lipinski definition) is 4. The number of pyridine rings is 2. The van der Waals surface area contributed by atoms with Gasteiger partial charge in [-0.05, 0) is 55.8 Å². The van der Waals surface area contributed by atoms with Crippen molar-refractivity contribution in [1.29, 1.82) is 0 Å². The highest BCUT2D eigenvalue weighted by Gasteiger charge is 2.45. The molecule has 1 N–H and O–H groups in total. The van der Waals surface area contributed by atoms with Crippen molar-refractivity contribution in [2.45, 2.75) is 24.5 Å². The third kappa shape index (κ3) is 3.55. The van der Waals surface area contributed by atoms with E-state index >= 15 is 0 Å².